The molecule has 1 unspecified atom stereocenters. The third kappa shape index (κ3) is 4.09. The Hall–Kier alpha value is -0.370. The predicted octanol–water partition coefficient (Wildman–Crippen LogP) is 3.54. The van der Waals surface area contributed by atoms with Crippen molar-refractivity contribution < 1.29 is 4.79 Å². The third-order valence-corrected chi connectivity index (χ3v) is 4.35. The quantitative estimate of drug-likeness (QED) is 0.695. The van der Waals surface area contributed by atoms with Gasteiger partial charge in [-0.1, -0.05) is 38.5 Å². The number of hydrogen-bond donors (Lipinski definition) is 0. The first-order valence-corrected chi connectivity index (χ1v) is 7.65. The van der Waals surface area contributed by atoms with E-state index >= 15 is 0 Å². The summed E-state index contributed by atoms with van der Waals surface area (Å²) < 4.78 is 0. The molecule has 0 radical (unpaired) electrons. The lowest BCUT2D eigenvalue weighted by molar-refractivity contribution is -0.124. The highest BCUT2D eigenvalue weighted by molar-refractivity contribution is 5.84. The van der Waals surface area contributed by atoms with Crippen molar-refractivity contribution in [3.8, 4) is 0 Å². The van der Waals surface area contributed by atoms with Gasteiger partial charge in [0.1, 0.15) is 5.78 Å². The monoisotopic (exact) mass is 237 g/mol. The van der Waals surface area contributed by atoms with Crippen LogP contribution >= 0.6 is 0 Å². The van der Waals surface area contributed by atoms with E-state index in [2.05, 4.69) is 4.90 Å². The number of nitrogens with zero attached hydrogens (tertiary/aromatic N) is 1. The van der Waals surface area contributed by atoms with Gasteiger partial charge in [0, 0.05) is 6.42 Å². The highest BCUT2D eigenvalue weighted by Gasteiger charge is 2.27. The summed E-state index contributed by atoms with van der Waals surface area (Å²) >= 11 is 0. The Labute approximate surface area is 106 Å². The smallest absolute Gasteiger partial charge is 0.149 e. The first kappa shape index (κ1) is 13.1. The van der Waals surface area contributed by atoms with Crippen LogP contribution in [0.4, 0.5) is 0 Å². The first-order valence-electron chi connectivity index (χ1n) is 7.65. The molecule has 17 heavy (non-hydrogen) atoms. The highest BCUT2D eigenvalue weighted by Crippen LogP contribution is 2.21. The van der Waals surface area contributed by atoms with Gasteiger partial charge < -0.3 is 0 Å². The zero-order valence-electron chi connectivity index (χ0n) is 11.1. The van der Waals surface area contributed by atoms with Crippen LogP contribution in [0, 0.1) is 0 Å². The van der Waals surface area contributed by atoms with Crippen LogP contribution in [0.5, 0.6) is 0 Å². The normalized spacial score (nSPS) is 30.1. The van der Waals surface area contributed by atoms with Crippen LogP contribution in [-0.4, -0.2) is 29.8 Å². The Morgan fingerprint density at radius 3 is 2.06 bits per heavy atom. The molecule has 1 aliphatic heterocycles. The maximum absolute atomic E-state index is 12.3. The van der Waals surface area contributed by atoms with Gasteiger partial charge in [-0.2, -0.15) is 0 Å². The molecule has 0 N–H and O–H groups in total. The molecular weight excluding hydrogens is 210 g/mol. The Bertz CT molecular complexity index is 233. The van der Waals surface area contributed by atoms with E-state index in [0.717, 1.165) is 32.4 Å². The molecule has 1 atom stereocenters. The van der Waals surface area contributed by atoms with Crippen LogP contribution in [0.2, 0.25) is 0 Å². The van der Waals surface area contributed by atoms with E-state index in [4.69, 9.17) is 0 Å². The number of Topliss-reactive ketones (excluding diaryl/α,β-unsaturated/α-hetero) is 1. The summed E-state index contributed by atoms with van der Waals surface area (Å²) in [6, 6.07) is 0.274. The molecule has 0 amide bonds. The van der Waals surface area contributed by atoms with Gasteiger partial charge in [0.25, 0.3) is 0 Å². The SMILES string of the molecule is O=C1CCCCCCCCCC1N1CCCC1. The van der Waals surface area contributed by atoms with Gasteiger partial charge >= 0.3 is 0 Å². The third-order valence-electron chi connectivity index (χ3n) is 4.35. The number of hydrogen-bond acceptors (Lipinski definition) is 2. The molecule has 2 heteroatoms. The minimum Gasteiger partial charge on any atom is -0.298 e. The molecule has 0 spiro atoms. The van der Waals surface area contributed by atoms with E-state index in [9.17, 15) is 4.79 Å². The largest absolute Gasteiger partial charge is 0.298 e. The van der Waals surface area contributed by atoms with Crippen molar-refractivity contribution in [2.75, 3.05) is 13.1 Å². The van der Waals surface area contributed by atoms with E-state index in [-0.39, 0.29) is 6.04 Å². The van der Waals surface area contributed by atoms with Crippen molar-refractivity contribution in [3.05, 3.63) is 0 Å². The van der Waals surface area contributed by atoms with Gasteiger partial charge in [0.05, 0.1) is 6.04 Å². The molecule has 2 rings (SSSR count). The van der Waals surface area contributed by atoms with E-state index in [1.165, 1.54) is 51.4 Å². The van der Waals surface area contributed by atoms with Gasteiger partial charge in [-0.05, 0) is 38.8 Å². The topological polar surface area (TPSA) is 20.3 Å². The molecule has 1 aliphatic carbocycles. The average molecular weight is 237 g/mol. The standard InChI is InChI=1S/C15H27NO/c17-15-11-7-5-3-1-2-4-6-10-14(15)16-12-8-9-13-16/h14H,1-13H2. The second-order valence-corrected chi connectivity index (χ2v) is 5.74. The van der Waals surface area contributed by atoms with Crippen molar-refractivity contribution in [1.29, 1.82) is 0 Å². The highest BCUT2D eigenvalue weighted by atomic mass is 16.1. The fraction of sp³-hybridized carbons (Fsp3) is 0.933. The number of carbonyl (C=O) groups is 1. The molecule has 1 heterocycles. The van der Waals surface area contributed by atoms with Gasteiger partial charge in [-0.25, -0.2) is 0 Å². The summed E-state index contributed by atoms with van der Waals surface area (Å²) in [5.74, 6) is 0.536. The molecule has 2 fully saturated rings. The van der Waals surface area contributed by atoms with Crippen LogP contribution in [0.3, 0.4) is 0 Å². The van der Waals surface area contributed by atoms with E-state index in [1.54, 1.807) is 0 Å². The van der Waals surface area contributed by atoms with E-state index in [1.807, 2.05) is 0 Å². The zero-order chi connectivity index (χ0) is 11.9. The zero-order valence-corrected chi connectivity index (χ0v) is 11.1. The summed E-state index contributed by atoms with van der Waals surface area (Å²) in [4.78, 5) is 14.7. The number of carbonyl (C=O) groups excluding carboxylic acids is 1. The van der Waals surface area contributed by atoms with Crippen molar-refractivity contribution in [1.82, 2.24) is 4.90 Å². The molecule has 0 aromatic carbocycles. The van der Waals surface area contributed by atoms with E-state index < -0.39 is 0 Å². The molecule has 1 saturated heterocycles. The van der Waals surface area contributed by atoms with Crippen LogP contribution in [0.25, 0.3) is 0 Å². The Morgan fingerprint density at radius 2 is 1.35 bits per heavy atom. The minimum absolute atomic E-state index is 0.274. The van der Waals surface area contributed by atoms with Crippen LogP contribution in [0.1, 0.15) is 70.6 Å². The Balaban J connectivity index is 1.90. The number of rotatable bonds is 1. The van der Waals surface area contributed by atoms with Gasteiger partial charge in [-0.15, -0.1) is 0 Å². The lowest BCUT2D eigenvalue weighted by Gasteiger charge is -2.26. The summed E-state index contributed by atoms with van der Waals surface area (Å²) in [7, 11) is 0. The summed E-state index contributed by atoms with van der Waals surface area (Å²) in [5, 5.41) is 0. The molecule has 98 valence electrons. The molecule has 0 aromatic rings. The van der Waals surface area contributed by atoms with Gasteiger partial charge in [0.2, 0.25) is 0 Å². The van der Waals surface area contributed by atoms with Crippen LogP contribution < -0.4 is 0 Å². The fourth-order valence-electron chi connectivity index (χ4n) is 3.29. The average Bonchev–Trinajstić information content (AvgIpc) is 2.83. The predicted molar refractivity (Wildman–Crippen MR) is 71.2 cm³/mol. The van der Waals surface area contributed by atoms with Crippen molar-refractivity contribution in [3.63, 3.8) is 0 Å². The fourth-order valence-corrected chi connectivity index (χ4v) is 3.29. The Kier molecular flexibility index (Phi) is 5.50. The maximum atomic E-state index is 12.3. The maximum Gasteiger partial charge on any atom is 0.149 e. The second-order valence-electron chi connectivity index (χ2n) is 5.74. The second kappa shape index (κ2) is 7.15. The van der Waals surface area contributed by atoms with Crippen molar-refractivity contribution >= 4 is 5.78 Å². The van der Waals surface area contributed by atoms with Crippen molar-refractivity contribution in [2.24, 2.45) is 0 Å². The van der Waals surface area contributed by atoms with Crippen molar-refractivity contribution in [2.45, 2.75) is 76.7 Å². The van der Waals surface area contributed by atoms with Crippen LogP contribution in [-0.2, 0) is 4.79 Å². The lowest BCUT2D eigenvalue weighted by atomic mass is 10.00. The first-order chi connectivity index (χ1) is 8.38. The summed E-state index contributed by atoms with van der Waals surface area (Å²) in [5.41, 5.74) is 0. The summed E-state index contributed by atoms with van der Waals surface area (Å²) in [6.45, 7) is 2.33. The number of ketones is 1. The van der Waals surface area contributed by atoms with Gasteiger partial charge in [-0.3, -0.25) is 9.69 Å². The molecule has 0 bridgehead atoms. The molecule has 0 aromatic heterocycles. The number of likely N-dealkylation sites (tertiary alicyclic amines) is 1. The molecule has 2 nitrogen and oxygen atoms in total. The lowest BCUT2D eigenvalue weighted by Crippen LogP contribution is -2.39. The summed E-state index contributed by atoms with van der Waals surface area (Å²) in [6.07, 6.45) is 13.6. The minimum atomic E-state index is 0.274. The van der Waals surface area contributed by atoms with E-state index in [0.29, 0.717) is 5.78 Å². The van der Waals surface area contributed by atoms with Gasteiger partial charge in [0.15, 0.2) is 0 Å². The molecule has 1 saturated carbocycles. The van der Waals surface area contributed by atoms with Crippen LogP contribution in [0.15, 0.2) is 0 Å². The molecular formula is C15H27NO. The Morgan fingerprint density at radius 1 is 0.765 bits per heavy atom. The molecule has 2 aliphatic rings.